The highest BCUT2D eigenvalue weighted by atomic mass is 35.5. The maximum Gasteiger partial charge on any atom is 0.331 e. The zero-order chi connectivity index (χ0) is 41.4. The predicted octanol–water partition coefficient (Wildman–Crippen LogP) is 9.53. The van der Waals surface area contributed by atoms with Crippen LogP contribution in [0.3, 0.4) is 0 Å². The highest BCUT2D eigenvalue weighted by molar-refractivity contribution is 7.86. The zero-order valence-electron chi connectivity index (χ0n) is 34.4. The molecule has 4 aromatic rings. The number of nitrogens with one attached hydrogen (secondary N) is 1. The van der Waals surface area contributed by atoms with E-state index in [-0.39, 0.29) is 47.4 Å². The number of anilines is 1. The van der Waals surface area contributed by atoms with Gasteiger partial charge in [0, 0.05) is 34.6 Å². The lowest BCUT2D eigenvalue weighted by Gasteiger charge is -2.48. The SMILES string of the molecule is COC(=O)C1(Nc2cccc(Cl)c2)CCC2(CC1)c1cc3c(cc1C[C@@H]2C[C@@H](C)COc1ccnc2c1[C@H](C)CCC2)OC[C@@H](CCOS(=O)(=O)c1ccc(C)cc1)O3. The Labute approximate surface area is 353 Å². The summed E-state index contributed by atoms with van der Waals surface area (Å²) in [6, 6.07) is 20.4. The molecule has 59 heavy (non-hydrogen) atoms. The second-order valence-electron chi connectivity index (χ2n) is 17.3. The predicted molar refractivity (Wildman–Crippen MR) is 227 cm³/mol. The van der Waals surface area contributed by atoms with Crippen molar-refractivity contribution in [1.82, 2.24) is 4.98 Å². The Kier molecular flexibility index (Phi) is 11.9. The fourth-order valence-electron chi connectivity index (χ4n) is 10.1. The number of benzene rings is 3. The van der Waals surface area contributed by atoms with Gasteiger partial charge in [-0.3, -0.25) is 9.17 Å². The van der Waals surface area contributed by atoms with Gasteiger partial charge in [0.05, 0.1) is 25.2 Å². The Morgan fingerprint density at radius 3 is 2.61 bits per heavy atom. The molecule has 1 aromatic heterocycles. The first kappa shape index (κ1) is 41.4. The molecule has 0 amide bonds. The third-order valence-corrected chi connectivity index (χ3v) is 14.8. The van der Waals surface area contributed by atoms with Crippen molar-refractivity contribution >= 4 is 33.4 Å². The molecule has 4 aliphatic rings. The first-order chi connectivity index (χ1) is 28.4. The summed E-state index contributed by atoms with van der Waals surface area (Å²) in [6.07, 6.45) is 9.58. The van der Waals surface area contributed by atoms with Crippen molar-refractivity contribution in [3.63, 3.8) is 0 Å². The highest BCUT2D eigenvalue weighted by Gasteiger charge is 2.55. The van der Waals surface area contributed by atoms with Crippen LogP contribution in [0.5, 0.6) is 17.2 Å². The van der Waals surface area contributed by atoms with Crippen LogP contribution in [0.25, 0.3) is 0 Å². The van der Waals surface area contributed by atoms with E-state index in [0.29, 0.717) is 48.3 Å². The van der Waals surface area contributed by atoms with E-state index >= 15 is 0 Å². The minimum Gasteiger partial charge on any atom is -0.493 e. The lowest BCUT2D eigenvalue weighted by Crippen LogP contribution is -2.53. The summed E-state index contributed by atoms with van der Waals surface area (Å²) in [6.45, 7) is 7.31. The van der Waals surface area contributed by atoms with Crippen LogP contribution in [-0.2, 0) is 42.1 Å². The number of aromatic nitrogens is 1. The van der Waals surface area contributed by atoms with Gasteiger partial charge in [-0.2, -0.15) is 8.42 Å². The molecule has 314 valence electrons. The van der Waals surface area contributed by atoms with E-state index < -0.39 is 15.7 Å². The largest absolute Gasteiger partial charge is 0.493 e. The van der Waals surface area contributed by atoms with Crippen LogP contribution in [0.15, 0.2) is 77.8 Å². The van der Waals surface area contributed by atoms with E-state index in [0.717, 1.165) is 67.6 Å². The van der Waals surface area contributed by atoms with Crippen LogP contribution in [0.2, 0.25) is 5.02 Å². The summed E-state index contributed by atoms with van der Waals surface area (Å²) in [5.41, 5.74) is 5.49. The lowest BCUT2D eigenvalue weighted by atomic mass is 9.59. The van der Waals surface area contributed by atoms with E-state index in [9.17, 15) is 13.2 Å². The monoisotopic (exact) mass is 842 g/mol. The molecule has 0 bridgehead atoms. The average molecular weight is 843 g/mol. The first-order valence-corrected chi connectivity index (χ1v) is 22.8. The topological polar surface area (TPSA) is 122 Å². The van der Waals surface area contributed by atoms with Gasteiger partial charge in [-0.1, -0.05) is 49.2 Å². The van der Waals surface area contributed by atoms with Gasteiger partial charge in [-0.05, 0) is 148 Å². The van der Waals surface area contributed by atoms with Crippen LogP contribution in [0.4, 0.5) is 5.69 Å². The Bertz CT molecular complexity index is 2270. The normalized spacial score (nSPS) is 25.1. The number of pyridine rings is 1. The average Bonchev–Trinajstić information content (AvgIpc) is 3.50. The van der Waals surface area contributed by atoms with Crippen LogP contribution in [0.1, 0.15) is 99.1 Å². The summed E-state index contributed by atoms with van der Waals surface area (Å²) in [4.78, 5) is 18.5. The minimum atomic E-state index is -3.90. The number of carbonyl (C=O) groups is 1. The number of hydrogen-bond acceptors (Lipinski definition) is 10. The van der Waals surface area contributed by atoms with Gasteiger partial charge in [0.2, 0.25) is 0 Å². The van der Waals surface area contributed by atoms with Gasteiger partial charge in [0.15, 0.2) is 11.5 Å². The molecule has 0 unspecified atom stereocenters. The van der Waals surface area contributed by atoms with Crippen molar-refractivity contribution in [2.45, 2.75) is 113 Å². The van der Waals surface area contributed by atoms with E-state index in [1.165, 1.54) is 23.8 Å². The summed E-state index contributed by atoms with van der Waals surface area (Å²) in [5, 5.41) is 4.15. The van der Waals surface area contributed by atoms with Gasteiger partial charge in [0.25, 0.3) is 10.1 Å². The zero-order valence-corrected chi connectivity index (χ0v) is 36.0. The van der Waals surface area contributed by atoms with Gasteiger partial charge in [-0.25, -0.2) is 4.79 Å². The van der Waals surface area contributed by atoms with Crippen molar-refractivity contribution in [3.05, 3.63) is 106 Å². The Morgan fingerprint density at radius 1 is 1.05 bits per heavy atom. The van der Waals surface area contributed by atoms with Crippen LogP contribution >= 0.6 is 11.6 Å². The number of nitrogens with zero attached hydrogens (tertiary/aromatic N) is 1. The van der Waals surface area contributed by atoms with Crippen molar-refractivity contribution in [1.29, 1.82) is 0 Å². The number of ether oxygens (including phenoxy) is 4. The van der Waals surface area contributed by atoms with Gasteiger partial charge in [-0.15, -0.1) is 0 Å². The van der Waals surface area contributed by atoms with E-state index in [4.69, 9.17) is 34.7 Å². The molecular formula is C47H55ClN2O8S. The number of esters is 1. The number of halogens is 1. The number of carbonyl (C=O) groups excluding carboxylic acids is 1. The highest BCUT2D eigenvalue weighted by Crippen LogP contribution is 2.58. The molecule has 3 aliphatic carbocycles. The van der Waals surface area contributed by atoms with Crippen LogP contribution in [0, 0.1) is 18.8 Å². The Hall–Kier alpha value is -4.32. The van der Waals surface area contributed by atoms with E-state index in [1.54, 1.807) is 24.3 Å². The van der Waals surface area contributed by atoms with Crippen molar-refractivity contribution in [2.24, 2.45) is 11.8 Å². The number of fused-ring (bicyclic) bond motifs is 4. The fraction of sp³-hybridized carbons (Fsp3) is 0.489. The molecule has 1 saturated carbocycles. The molecule has 0 saturated heterocycles. The molecule has 12 heteroatoms. The molecule has 4 atom stereocenters. The molecule has 1 N–H and O–H groups in total. The smallest absolute Gasteiger partial charge is 0.331 e. The second-order valence-corrected chi connectivity index (χ2v) is 19.3. The van der Waals surface area contributed by atoms with Gasteiger partial charge in [0.1, 0.15) is 24.0 Å². The number of hydrogen-bond donors (Lipinski definition) is 1. The third-order valence-electron chi connectivity index (χ3n) is 13.2. The van der Waals surface area contributed by atoms with E-state index in [2.05, 4.69) is 36.3 Å². The fourth-order valence-corrected chi connectivity index (χ4v) is 11.2. The van der Waals surface area contributed by atoms with Crippen LogP contribution in [-0.4, -0.2) is 57.9 Å². The number of rotatable bonds is 13. The molecule has 1 spiro atoms. The Balaban J connectivity index is 1.03. The van der Waals surface area contributed by atoms with Crippen LogP contribution < -0.4 is 19.5 Å². The maximum absolute atomic E-state index is 13.7. The second kappa shape index (κ2) is 17.0. The standard InChI is InChI=1S/C47H55ClN2O8S/c1-30-11-13-38(14-12-30)59(52,53)57-22-16-37-29-56-42-25-33-24-34(23-31(2)28-55-41-15-21-49-40-10-5-7-32(3)44(40)41)46(39(33)27-43(42)58-37)17-19-47(20-18-46,45(51)54-4)50-36-9-6-8-35(48)26-36/h6,8-9,11-15,21,25-27,31-32,34,37,50H,5,7,10,16-20,22-24,28-29H2,1-4H3/t31-,32-,34+,37-,46?,47?/m1/s1. The maximum atomic E-state index is 13.7. The quantitative estimate of drug-likeness (QED) is 0.103. The van der Waals surface area contributed by atoms with E-state index in [1.807, 2.05) is 43.5 Å². The van der Waals surface area contributed by atoms with Gasteiger partial charge < -0.3 is 24.3 Å². The molecule has 1 aliphatic heterocycles. The molecule has 0 radical (unpaired) electrons. The van der Waals surface area contributed by atoms with Gasteiger partial charge >= 0.3 is 5.97 Å². The third kappa shape index (κ3) is 8.53. The van der Waals surface area contributed by atoms with Crippen molar-refractivity contribution in [3.8, 4) is 17.2 Å². The minimum absolute atomic E-state index is 0.0348. The summed E-state index contributed by atoms with van der Waals surface area (Å²) < 4.78 is 56.0. The molecule has 8 rings (SSSR count). The first-order valence-electron chi connectivity index (χ1n) is 21.0. The lowest BCUT2D eigenvalue weighted by molar-refractivity contribution is -0.148. The van der Waals surface area contributed by atoms with Crippen molar-refractivity contribution < 1.29 is 36.3 Å². The molecular weight excluding hydrogens is 788 g/mol. The van der Waals surface area contributed by atoms with Crippen molar-refractivity contribution in [2.75, 3.05) is 32.2 Å². The summed E-state index contributed by atoms with van der Waals surface area (Å²) in [5.74, 6) is 2.99. The Morgan fingerprint density at radius 2 is 1.85 bits per heavy atom. The molecule has 3 aromatic carbocycles. The number of methoxy groups -OCH3 is 1. The summed E-state index contributed by atoms with van der Waals surface area (Å²) >= 11 is 6.37. The summed E-state index contributed by atoms with van der Waals surface area (Å²) in [7, 11) is -2.45. The number of aryl methyl sites for hydroxylation is 2. The molecule has 10 nitrogen and oxygen atoms in total. The molecule has 1 fully saturated rings. The molecule has 2 heterocycles.